The first-order chi connectivity index (χ1) is 11.7. The molecule has 122 valence electrons. The van der Waals surface area contributed by atoms with E-state index in [9.17, 15) is 4.79 Å². The third kappa shape index (κ3) is 3.30. The second-order valence-electron chi connectivity index (χ2n) is 5.71. The Hall–Kier alpha value is -3.08. The van der Waals surface area contributed by atoms with Crippen molar-refractivity contribution in [2.24, 2.45) is 5.73 Å². The van der Waals surface area contributed by atoms with Crippen molar-refractivity contribution in [3.05, 3.63) is 77.0 Å². The van der Waals surface area contributed by atoms with Gasteiger partial charge in [0.15, 0.2) is 0 Å². The van der Waals surface area contributed by atoms with Gasteiger partial charge in [0.2, 0.25) is 0 Å². The van der Waals surface area contributed by atoms with Gasteiger partial charge in [0.05, 0.1) is 11.4 Å². The average molecular weight is 320 g/mol. The Bertz CT molecular complexity index is 783. The number of nitrogens with zero attached hydrogens (tertiary/aromatic N) is 1. The maximum atomic E-state index is 12.5. The molecule has 2 aromatic rings. The molecule has 4 N–H and O–H groups in total. The van der Waals surface area contributed by atoms with Crippen molar-refractivity contribution in [3.8, 4) is 0 Å². The minimum absolute atomic E-state index is 0.234. The standard InChI is InChI=1S/C19H20N4O/c20-12-17(18(21)15-7-2-1-3-8-15)22-19(24)23-11-10-14-6-4-5-9-16(14)13-23/h1-9,12,20H,10-11,13,21H2,(H,22,24). The van der Waals surface area contributed by atoms with Gasteiger partial charge in [0.1, 0.15) is 0 Å². The first-order valence-corrected chi connectivity index (χ1v) is 7.87. The van der Waals surface area contributed by atoms with Crippen LogP contribution in [0.1, 0.15) is 16.7 Å². The van der Waals surface area contributed by atoms with E-state index in [-0.39, 0.29) is 6.03 Å². The molecule has 0 atom stereocenters. The summed E-state index contributed by atoms with van der Waals surface area (Å²) < 4.78 is 0. The lowest BCUT2D eigenvalue weighted by molar-refractivity contribution is 0.196. The predicted octanol–water partition coefficient (Wildman–Crippen LogP) is 2.73. The van der Waals surface area contributed by atoms with E-state index >= 15 is 0 Å². The highest BCUT2D eigenvalue weighted by atomic mass is 16.2. The van der Waals surface area contributed by atoms with E-state index in [2.05, 4.69) is 11.4 Å². The van der Waals surface area contributed by atoms with Crippen LogP contribution in [0.15, 0.2) is 60.3 Å². The molecule has 3 rings (SSSR count). The van der Waals surface area contributed by atoms with Crippen LogP contribution in [0.25, 0.3) is 5.70 Å². The van der Waals surface area contributed by atoms with E-state index in [4.69, 9.17) is 11.1 Å². The van der Waals surface area contributed by atoms with Crippen LogP contribution in [0, 0.1) is 5.41 Å². The molecule has 5 nitrogen and oxygen atoms in total. The number of benzene rings is 2. The van der Waals surface area contributed by atoms with Gasteiger partial charge in [-0.2, -0.15) is 0 Å². The number of carbonyl (C=O) groups excluding carboxylic acids is 1. The molecule has 0 fully saturated rings. The number of urea groups is 1. The normalized spacial score (nSPS) is 14.4. The molecule has 2 aromatic carbocycles. The zero-order valence-electron chi connectivity index (χ0n) is 13.3. The molecule has 0 aromatic heterocycles. The summed E-state index contributed by atoms with van der Waals surface area (Å²) in [5.41, 5.74) is 10.0. The van der Waals surface area contributed by atoms with Gasteiger partial charge in [-0.1, -0.05) is 54.6 Å². The Morgan fingerprint density at radius 1 is 1.08 bits per heavy atom. The van der Waals surface area contributed by atoms with E-state index in [1.165, 1.54) is 5.56 Å². The molecule has 1 aliphatic heterocycles. The summed E-state index contributed by atoms with van der Waals surface area (Å²) >= 11 is 0. The molecule has 0 bridgehead atoms. The van der Waals surface area contributed by atoms with Crippen LogP contribution in [0.2, 0.25) is 0 Å². The first-order valence-electron chi connectivity index (χ1n) is 7.87. The Morgan fingerprint density at radius 3 is 2.46 bits per heavy atom. The van der Waals surface area contributed by atoms with Gasteiger partial charge in [-0.25, -0.2) is 4.79 Å². The third-order valence-electron chi connectivity index (χ3n) is 4.18. The van der Waals surface area contributed by atoms with Crippen LogP contribution in [-0.2, 0) is 13.0 Å². The molecule has 0 radical (unpaired) electrons. The molecular weight excluding hydrogens is 300 g/mol. The van der Waals surface area contributed by atoms with Crippen LogP contribution in [0.4, 0.5) is 4.79 Å². The maximum absolute atomic E-state index is 12.5. The van der Waals surface area contributed by atoms with E-state index in [1.54, 1.807) is 4.90 Å². The highest BCUT2D eigenvalue weighted by molar-refractivity contribution is 5.93. The Morgan fingerprint density at radius 2 is 1.75 bits per heavy atom. The summed E-state index contributed by atoms with van der Waals surface area (Å²) in [5, 5.41) is 10.3. The minimum Gasteiger partial charge on any atom is -0.397 e. The summed E-state index contributed by atoms with van der Waals surface area (Å²) in [6, 6.07) is 17.2. The lowest BCUT2D eigenvalue weighted by Crippen LogP contribution is -2.43. The van der Waals surface area contributed by atoms with Crippen molar-refractivity contribution in [3.63, 3.8) is 0 Å². The minimum atomic E-state index is -0.234. The predicted molar refractivity (Wildman–Crippen MR) is 95.4 cm³/mol. The second-order valence-corrected chi connectivity index (χ2v) is 5.71. The topological polar surface area (TPSA) is 82.2 Å². The van der Waals surface area contributed by atoms with Gasteiger partial charge in [0.25, 0.3) is 0 Å². The number of amides is 2. The number of hydrogen-bond donors (Lipinski definition) is 3. The zero-order valence-corrected chi connectivity index (χ0v) is 13.3. The summed E-state index contributed by atoms with van der Waals surface area (Å²) in [7, 11) is 0. The largest absolute Gasteiger partial charge is 0.397 e. The number of carbonyl (C=O) groups is 1. The van der Waals surface area contributed by atoms with Crippen LogP contribution < -0.4 is 11.1 Å². The number of rotatable bonds is 3. The van der Waals surface area contributed by atoms with Crippen molar-refractivity contribution < 1.29 is 4.79 Å². The van der Waals surface area contributed by atoms with Gasteiger partial charge in [-0.15, -0.1) is 0 Å². The van der Waals surface area contributed by atoms with Crippen LogP contribution in [0.3, 0.4) is 0 Å². The molecular formula is C19H20N4O. The van der Waals surface area contributed by atoms with Gasteiger partial charge in [-0.05, 0) is 23.1 Å². The Labute approximate surface area is 141 Å². The van der Waals surface area contributed by atoms with Crippen LogP contribution >= 0.6 is 0 Å². The van der Waals surface area contributed by atoms with E-state index in [1.807, 2.05) is 48.5 Å². The van der Waals surface area contributed by atoms with Crippen molar-refractivity contribution in [2.45, 2.75) is 13.0 Å². The van der Waals surface area contributed by atoms with Crippen molar-refractivity contribution in [2.75, 3.05) is 6.54 Å². The fourth-order valence-electron chi connectivity index (χ4n) is 2.82. The van der Waals surface area contributed by atoms with Crippen LogP contribution in [0.5, 0.6) is 0 Å². The Balaban J connectivity index is 1.75. The molecule has 24 heavy (non-hydrogen) atoms. The number of fused-ring (bicyclic) bond motifs is 1. The molecule has 1 heterocycles. The second kappa shape index (κ2) is 7.00. The monoisotopic (exact) mass is 320 g/mol. The molecule has 5 heteroatoms. The molecule has 1 aliphatic rings. The van der Waals surface area contributed by atoms with Crippen molar-refractivity contribution in [1.82, 2.24) is 10.2 Å². The summed E-state index contributed by atoms with van der Waals surface area (Å²) in [6.07, 6.45) is 1.92. The molecule has 0 spiro atoms. The quantitative estimate of drug-likeness (QED) is 0.760. The number of nitrogens with two attached hydrogens (primary N) is 1. The Kier molecular flexibility index (Phi) is 4.61. The smallest absolute Gasteiger partial charge is 0.322 e. The molecule has 2 amide bonds. The van der Waals surface area contributed by atoms with E-state index in [0.717, 1.165) is 23.8 Å². The number of nitrogens with one attached hydrogen (secondary N) is 2. The fourth-order valence-corrected chi connectivity index (χ4v) is 2.82. The molecule has 0 saturated heterocycles. The summed E-state index contributed by atoms with van der Waals surface area (Å²) in [6.45, 7) is 1.22. The SMILES string of the molecule is N=CC(NC(=O)N1CCc2ccccc2C1)=C(N)c1ccccc1. The maximum Gasteiger partial charge on any atom is 0.322 e. The average Bonchev–Trinajstić information content (AvgIpc) is 2.65. The summed E-state index contributed by atoms with van der Waals surface area (Å²) in [5.74, 6) is 0. The van der Waals surface area contributed by atoms with Crippen LogP contribution in [-0.4, -0.2) is 23.7 Å². The summed E-state index contributed by atoms with van der Waals surface area (Å²) in [4.78, 5) is 14.3. The number of allylic oxidation sites excluding steroid dienone is 1. The van der Waals surface area contributed by atoms with E-state index < -0.39 is 0 Å². The highest BCUT2D eigenvalue weighted by Crippen LogP contribution is 2.19. The first kappa shape index (κ1) is 15.8. The van der Waals surface area contributed by atoms with Gasteiger partial charge in [0, 0.05) is 19.3 Å². The van der Waals surface area contributed by atoms with Gasteiger partial charge < -0.3 is 21.4 Å². The lowest BCUT2D eigenvalue weighted by atomic mass is 10.0. The molecule has 0 saturated carbocycles. The lowest BCUT2D eigenvalue weighted by Gasteiger charge is -2.29. The van der Waals surface area contributed by atoms with Crippen molar-refractivity contribution >= 4 is 17.9 Å². The van der Waals surface area contributed by atoms with E-state index in [0.29, 0.717) is 24.5 Å². The zero-order chi connectivity index (χ0) is 16.9. The molecule has 0 unspecified atom stereocenters. The van der Waals surface area contributed by atoms with Gasteiger partial charge >= 0.3 is 6.03 Å². The van der Waals surface area contributed by atoms with Crippen molar-refractivity contribution in [1.29, 1.82) is 5.41 Å². The number of hydrogen-bond acceptors (Lipinski definition) is 3. The fraction of sp³-hybridized carbons (Fsp3) is 0.158. The van der Waals surface area contributed by atoms with Gasteiger partial charge in [-0.3, -0.25) is 0 Å². The molecule has 0 aliphatic carbocycles. The third-order valence-corrected chi connectivity index (χ3v) is 4.18. The highest BCUT2D eigenvalue weighted by Gasteiger charge is 2.21.